The number of nitrogens with one attached hydrogen (secondary N) is 1. The molecule has 2 atom stereocenters. The number of rotatable bonds is 5. The first-order valence-corrected chi connectivity index (χ1v) is 9.16. The molecule has 152 valence electrons. The summed E-state index contributed by atoms with van der Waals surface area (Å²) in [6, 6.07) is -2.01. The van der Waals surface area contributed by atoms with Crippen LogP contribution in [0.25, 0.3) is 0 Å². The maximum absolute atomic E-state index is 12.5. The van der Waals surface area contributed by atoms with E-state index in [1.165, 1.54) is 6.08 Å². The number of hydrogen-bond acceptors (Lipinski definition) is 9. The van der Waals surface area contributed by atoms with Gasteiger partial charge in [-0.1, -0.05) is 6.08 Å². The number of nitrogens with zero attached hydrogens (tertiary/aromatic N) is 3. The Bertz CT molecular complexity index is 1040. The van der Waals surface area contributed by atoms with Gasteiger partial charge in [-0.2, -0.15) is 14.1 Å². The van der Waals surface area contributed by atoms with Crippen molar-refractivity contribution in [1.29, 1.82) is 0 Å². The van der Waals surface area contributed by atoms with Gasteiger partial charge in [0.2, 0.25) is 21.7 Å². The average molecular weight is 438 g/mol. The number of aromatic nitrogens is 1. The Morgan fingerprint density at radius 3 is 2.69 bits per heavy atom. The third-order valence-electron chi connectivity index (χ3n) is 4.34. The Morgan fingerprint density at radius 1 is 1.41 bits per heavy atom. The minimum atomic E-state index is -5.18. The normalized spacial score (nSPS) is 20.9. The molecule has 3 amide bonds. The monoisotopic (exact) mass is 438 g/mol. The third-order valence-corrected chi connectivity index (χ3v) is 4.69. The molecule has 2 aliphatic rings. The maximum Gasteiger partial charge on any atom is 1.00 e. The van der Waals surface area contributed by atoms with Crippen molar-refractivity contribution in [3.8, 4) is 5.75 Å². The van der Waals surface area contributed by atoms with E-state index < -0.39 is 45.6 Å². The second kappa shape index (κ2) is 8.33. The Labute approximate surface area is 186 Å². The third kappa shape index (κ3) is 4.73. The first-order chi connectivity index (χ1) is 13.0. The SMILES string of the molecule is CC1=C[C@@H](C(=O)NCc2cc(=O)c(O)cn2O)N2C[C@H]1N(OS(=O)(=O)[O-])C2=O.[Na+]. The molecule has 0 unspecified atom stereocenters. The fourth-order valence-corrected chi connectivity index (χ4v) is 3.34. The number of fused-ring (bicyclic) bond motifs is 2. The summed E-state index contributed by atoms with van der Waals surface area (Å²) in [6.07, 6.45) is 2.17. The van der Waals surface area contributed by atoms with Crippen LogP contribution in [0.1, 0.15) is 12.6 Å². The molecule has 13 nitrogen and oxygen atoms in total. The molecule has 0 radical (unpaired) electrons. The summed E-state index contributed by atoms with van der Waals surface area (Å²) in [4.78, 5) is 37.3. The zero-order chi connectivity index (χ0) is 20.8. The molecule has 0 aliphatic carbocycles. The number of pyridine rings is 1. The van der Waals surface area contributed by atoms with Crippen LogP contribution in [0.15, 0.2) is 28.7 Å². The van der Waals surface area contributed by atoms with E-state index in [-0.39, 0.29) is 48.3 Å². The van der Waals surface area contributed by atoms with Crippen molar-refractivity contribution in [3.05, 3.63) is 39.8 Å². The molecule has 2 bridgehead atoms. The van der Waals surface area contributed by atoms with Crippen LogP contribution in [-0.4, -0.2) is 68.5 Å². The van der Waals surface area contributed by atoms with Crippen LogP contribution >= 0.6 is 0 Å². The molecule has 3 N–H and O–H groups in total. The van der Waals surface area contributed by atoms with Gasteiger partial charge in [0.05, 0.1) is 25.0 Å². The smallest absolute Gasteiger partial charge is 0.724 e. The van der Waals surface area contributed by atoms with Crippen molar-refractivity contribution in [2.75, 3.05) is 6.54 Å². The van der Waals surface area contributed by atoms with Crippen molar-refractivity contribution >= 4 is 22.3 Å². The summed E-state index contributed by atoms with van der Waals surface area (Å²) < 4.78 is 37.1. The standard InChI is InChI=1S/C14H16N4O9S.Na/c1-7-2-9(16-5-10(7)18(14(16)22)27-28(24,25)26)13(21)15-4-8-3-11(19)12(20)6-17(8)23;/h2-3,6,9-10,20,23H,4-5H2,1H3,(H,15,21)(H,24,25,26);/q;+1/p-1/t9-,10+;/m0./s1. The van der Waals surface area contributed by atoms with Gasteiger partial charge in [-0.25, -0.2) is 13.2 Å². The molecule has 0 aromatic carbocycles. The predicted octanol–water partition coefficient (Wildman–Crippen LogP) is -4.76. The van der Waals surface area contributed by atoms with Crippen LogP contribution in [0.3, 0.4) is 0 Å². The van der Waals surface area contributed by atoms with Gasteiger partial charge in [0, 0.05) is 6.07 Å². The fourth-order valence-electron chi connectivity index (χ4n) is 2.98. The average Bonchev–Trinajstić information content (AvgIpc) is 2.85. The van der Waals surface area contributed by atoms with Crippen molar-refractivity contribution in [2.24, 2.45) is 0 Å². The Hall–Kier alpha value is -2.10. The number of carbonyl (C=O) groups excluding carboxylic acids is 2. The number of hydrogen-bond donors (Lipinski definition) is 3. The molecule has 3 heterocycles. The van der Waals surface area contributed by atoms with Crippen LogP contribution in [-0.2, 0) is 26.0 Å². The van der Waals surface area contributed by atoms with E-state index in [1.807, 2.05) is 0 Å². The number of urea groups is 1. The second-order valence-corrected chi connectivity index (χ2v) is 7.16. The molecule has 29 heavy (non-hydrogen) atoms. The summed E-state index contributed by atoms with van der Waals surface area (Å²) in [7, 11) is -5.18. The molecule has 1 aromatic rings. The molecule has 2 aliphatic heterocycles. The summed E-state index contributed by atoms with van der Waals surface area (Å²) >= 11 is 0. The zero-order valence-electron chi connectivity index (χ0n) is 15.3. The van der Waals surface area contributed by atoms with Gasteiger partial charge in [-0.15, -0.1) is 0 Å². The van der Waals surface area contributed by atoms with Gasteiger partial charge in [0.1, 0.15) is 12.1 Å². The van der Waals surface area contributed by atoms with E-state index in [9.17, 15) is 37.7 Å². The van der Waals surface area contributed by atoms with E-state index in [1.54, 1.807) is 6.92 Å². The quantitative estimate of drug-likeness (QED) is 0.134. The predicted molar refractivity (Wildman–Crippen MR) is 87.5 cm³/mol. The van der Waals surface area contributed by atoms with Crippen molar-refractivity contribution in [1.82, 2.24) is 20.0 Å². The first kappa shape index (κ1) is 23.2. The molecule has 1 aromatic heterocycles. The Kier molecular flexibility index (Phi) is 6.66. The van der Waals surface area contributed by atoms with E-state index in [2.05, 4.69) is 9.60 Å². The molecule has 1 fully saturated rings. The molecule has 3 rings (SSSR count). The van der Waals surface area contributed by atoms with Crippen molar-refractivity contribution < 1.29 is 66.7 Å². The minimum absolute atomic E-state index is 0. The zero-order valence-corrected chi connectivity index (χ0v) is 18.1. The minimum Gasteiger partial charge on any atom is -0.724 e. The summed E-state index contributed by atoms with van der Waals surface area (Å²) in [6.45, 7) is 1.17. The number of hydroxylamine groups is 2. The van der Waals surface area contributed by atoms with E-state index >= 15 is 0 Å². The summed E-state index contributed by atoms with van der Waals surface area (Å²) in [5, 5.41) is 21.7. The number of amides is 3. The Balaban J connectivity index is 0.00000300. The van der Waals surface area contributed by atoms with Crippen molar-refractivity contribution in [2.45, 2.75) is 25.6 Å². The number of carbonyl (C=O) groups is 2. The van der Waals surface area contributed by atoms with Crippen LogP contribution in [0.4, 0.5) is 4.79 Å². The molecule has 0 saturated carbocycles. The van der Waals surface area contributed by atoms with E-state index in [0.29, 0.717) is 15.4 Å². The second-order valence-electron chi connectivity index (χ2n) is 6.19. The van der Waals surface area contributed by atoms with Gasteiger partial charge in [-0.3, -0.25) is 9.59 Å². The molecule has 1 saturated heterocycles. The van der Waals surface area contributed by atoms with Gasteiger partial charge in [0.15, 0.2) is 5.75 Å². The molecular formula is C14H15N4NaO9S. The molecular weight excluding hydrogens is 423 g/mol. The van der Waals surface area contributed by atoms with Gasteiger partial charge in [0.25, 0.3) is 0 Å². The van der Waals surface area contributed by atoms with Crippen LogP contribution < -0.4 is 40.3 Å². The van der Waals surface area contributed by atoms with Gasteiger partial charge >= 0.3 is 35.6 Å². The van der Waals surface area contributed by atoms with E-state index in [0.717, 1.165) is 17.2 Å². The number of aromatic hydroxyl groups is 1. The van der Waals surface area contributed by atoms with Crippen molar-refractivity contribution in [3.63, 3.8) is 0 Å². The first-order valence-electron chi connectivity index (χ1n) is 7.83. The summed E-state index contributed by atoms with van der Waals surface area (Å²) in [5.74, 6) is -1.36. The van der Waals surface area contributed by atoms with Gasteiger partial charge in [-0.05, 0) is 12.5 Å². The fraction of sp³-hybridized carbons (Fsp3) is 0.357. The Morgan fingerprint density at radius 2 is 2.07 bits per heavy atom. The van der Waals surface area contributed by atoms with Crippen LogP contribution in [0.2, 0.25) is 0 Å². The van der Waals surface area contributed by atoms with Gasteiger partial charge < -0.3 is 25.1 Å². The summed E-state index contributed by atoms with van der Waals surface area (Å²) in [5.41, 5.74) is -0.345. The van der Waals surface area contributed by atoms with Crippen LogP contribution in [0, 0.1) is 0 Å². The van der Waals surface area contributed by atoms with E-state index in [4.69, 9.17) is 0 Å². The topological polar surface area (TPSA) is 182 Å². The molecule has 0 spiro atoms. The largest absolute Gasteiger partial charge is 1.00 e. The maximum atomic E-state index is 12.5. The molecule has 15 heteroatoms. The van der Waals surface area contributed by atoms with Crippen LogP contribution in [0.5, 0.6) is 5.75 Å².